The van der Waals surface area contributed by atoms with Crippen LogP contribution in [0.1, 0.15) is 30.1 Å². The third kappa shape index (κ3) is 4.29. The maximum absolute atomic E-state index is 13.0. The number of nitrogens with one attached hydrogen (secondary N) is 1. The summed E-state index contributed by atoms with van der Waals surface area (Å²) in [4.78, 5) is 4.31. The highest BCUT2D eigenvalue weighted by atomic mass is 35.5. The maximum atomic E-state index is 13.0. The second-order valence-corrected chi connectivity index (χ2v) is 4.31. The summed E-state index contributed by atoms with van der Waals surface area (Å²) in [5.74, 6) is 1.11. The van der Waals surface area contributed by atoms with E-state index in [4.69, 9.17) is 4.52 Å². The molecule has 104 valence electrons. The molecule has 19 heavy (non-hydrogen) atoms. The van der Waals surface area contributed by atoms with Crippen molar-refractivity contribution in [1.29, 1.82) is 0 Å². The first kappa shape index (κ1) is 15.6. The van der Waals surface area contributed by atoms with Crippen LogP contribution in [0, 0.1) is 5.82 Å². The largest absolute Gasteiger partial charge is 0.339 e. The lowest BCUT2D eigenvalue weighted by molar-refractivity contribution is 0.353. The minimum absolute atomic E-state index is 0. The molecule has 6 heteroatoms. The van der Waals surface area contributed by atoms with Gasteiger partial charge in [0.2, 0.25) is 5.89 Å². The molecule has 0 spiro atoms. The van der Waals surface area contributed by atoms with Gasteiger partial charge in [-0.15, -0.1) is 12.4 Å². The number of likely N-dealkylation sites (N-methyl/N-ethyl adjacent to an activating group) is 1. The van der Waals surface area contributed by atoms with E-state index in [9.17, 15) is 4.39 Å². The van der Waals surface area contributed by atoms with Crippen molar-refractivity contribution in [3.63, 3.8) is 0 Å². The molecule has 0 radical (unpaired) electrons. The summed E-state index contributed by atoms with van der Waals surface area (Å²) >= 11 is 0. The van der Waals surface area contributed by atoms with Gasteiger partial charge in [-0.05, 0) is 24.7 Å². The minimum atomic E-state index is -0.250. The van der Waals surface area contributed by atoms with Crippen molar-refractivity contribution in [2.75, 3.05) is 13.6 Å². The van der Waals surface area contributed by atoms with Crippen LogP contribution in [0.15, 0.2) is 28.8 Å². The topological polar surface area (TPSA) is 51.0 Å². The normalized spacial score (nSPS) is 11.9. The summed E-state index contributed by atoms with van der Waals surface area (Å²) in [6.45, 7) is 2.79. The summed E-state index contributed by atoms with van der Waals surface area (Å²) in [7, 11) is 1.88. The van der Waals surface area contributed by atoms with Crippen LogP contribution < -0.4 is 5.32 Å². The molecule has 0 bridgehead atoms. The van der Waals surface area contributed by atoms with Gasteiger partial charge in [-0.3, -0.25) is 0 Å². The second-order valence-electron chi connectivity index (χ2n) is 4.31. The summed E-state index contributed by atoms with van der Waals surface area (Å²) in [5.41, 5.74) is 0.837. The number of aromatic nitrogens is 2. The number of hydrogen-bond acceptors (Lipinski definition) is 4. The van der Waals surface area contributed by atoms with Gasteiger partial charge in [-0.25, -0.2) is 4.39 Å². The Morgan fingerprint density at radius 3 is 2.89 bits per heavy atom. The summed E-state index contributed by atoms with van der Waals surface area (Å²) in [5, 5.41) is 6.96. The van der Waals surface area contributed by atoms with E-state index >= 15 is 0 Å². The van der Waals surface area contributed by atoms with E-state index < -0.39 is 0 Å². The lowest BCUT2D eigenvalue weighted by Gasteiger charge is -2.03. The molecule has 1 aromatic heterocycles. The van der Waals surface area contributed by atoms with Gasteiger partial charge in [-0.2, -0.15) is 4.98 Å². The lowest BCUT2D eigenvalue weighted by Crippen LogP contribution is -2.14. The monoisotopic (exact) mass is 285 g/mol. The van der Waals surface area contributed by atoms with Crippen molar-refractivity contribution >= 4 is 12.4 Å². The van der Waals surface area contributed by atoms with Crippen LogP contribution in [0.3, 0.4) is 0 Å². The van der Waals surface area contributed by atoms with Crippen molar-refractivity contribution in [1.82, 2.24) is 15.5 Å². The van der Waals surface area contributed by atoms with Crippen LogP contribution in [-0.2, 0) is 6.42 Å². The van der Waals surface area contributed by atoms with Crippen LogP contribution in [0.5, 0.6) is 0 Å². The molecule has 0 aliphatic heterocycles. The predicted molar refractivity (Wildman–Crippen MR) is 73.1 cm³/mol. The third-order valence-corrected chi connectivity index (χ3v) is 2.67. The van der Waals surface area contributed by atoms with Crippen molar-refractivity contribution in [3.8, 4) is 0 Å². The maximum Gasteiger partial charge on any atom is 0.230 e. The zero-order valence-corrected chi connectivity index (χ0v) is 11.7. The van der Waals surface area contributed by atoms with Crippen molar-refractivity contribution in [2.45, 2.75) is 19.3 Å². The highest BCUT2D eigenvalue weighted by Crippen LogP contribution is 2.14. The highest BCUT2D eigenvalue weighted by molar-refractivity contribution is 5.85. The molecule has 0 amide bonds. The second kappa shape index (κ2) is 7.21. The van der Waals surface area contributed by atoms with E-state index in [2.05, 4.69) is 15.5 Å². The fraction of sp³-hybridized carbons (Fsp3) is 0.385. The molecule has 2 aromatic rings. The van der Waals surface area contributed by atoms with E-state index in [1.807, 2.05) is 20.0 Å². The van der Waals surface area contributed by atoms with E-state index in [-0.39, 0.29) is 24.1 Å². The first-order valence-electron chi connectivity index (χ1n) is 5.90. The van der Waals surface area contributed by atoms with Crippen LogP contribution in [0.25, 0.3) is 0 Å². The third-order valence-electron chi connectivity index (χ3n) is 2.67. The van der Waals surface area contributed by atoms with Gasteiger partial charge in [-0.1, -0.05) is 24.2 Å². The molecule has 0 saturated carbocycles. The number of nitrogens with zero attached hydrogens (tertiary/aromatic N) is 2. The molecular weight excluding hydrogens is 269 g/mol. The van der Waals surface area contributed by atoms with E-state index in [0.29, 0.717) is 18.1 Å². The standard InChI is InChI=1S/C13H16FN3O.ClH/c1-9(8-15-2)13-16-12(17-18-13)7-10-4-3-5-11(14)6-10;/h3-6,9,15H,7-8H2,1-2H3;1H. The molecule has 0 aliphatic rings. The molecule has 1 atom stereocenters. The smallest absolute Gasteiger partial charge is 0.230 e. The predicted octanol–water partition coefficient (Wildman–Crippen LogP) is 2.54. The van der Waals surface area contributed by atoms with Gasteiger partial charge in [0, 0.05) is 18.9 Å². The SMILES string of the molecule is CNCC(C)c1nc(Cc2cccc(F)c2)no1.Cl. The first-order valence-corrected chi connectivity index (χ1v) is 5.90. The van der Waals surface area contributed by atoms with Gasteiger partial charge in [0.25, 0.3) is 0 Å². The average Bonchev–Trinajstić information content (AvgIpc) is 2.78. The molecule has 0 saturated heterocycles. The molecule has 0 fully saturated rings. The van der Waals surface area contributed by atoms with Crippen LogP contribution in [0.4, 0.5) is 4.39 Å². The fourth-order valence-corrected chi connectivity index (χ4v) is 1.76. The van der Waals surface area contributed by atoms with Gasteiger partial charge < -0.3 is 9.84 Å². The number of rotatable bonds is 5. The van der Waals surface area contributed by atoms with Gasteiger partial charge in [0.15, 0.2) is 5.82 Å². The summed E-state index contributed by atoms with van der Waals surface area (Å²) < 4.78 is 18.2. The molecule has 2 rings (SSSR count). The minimum Gasteiger partial charge on any atom is -0.339 e. The van der Waals surface area contributed by atoms with Crippen molar-refractivity contribution in [3.05, 3.63) is 47.4 Å². The Morgan fingerprint density at radius 2 is 2.21 bits per heavy atom. The zero-order valence-electron chi connectivity index (χ0n) is 10.9. The van der Waals surface area contributed by atoms with Crippen LogP contribution in [0.2, 0.25) is 0 Å². The van der Waals surface area contributed by atoms with Crippen molar-refractivity contribution < 1.29 is 8.91 Å². The number of benzene rings is 1. The molecule has 1 aromatic carbocycles. The molecule has 1 heterocycles. The Hall–Kier alpha value is -1.46. The Labute approximate surface area is 117 Å². The zero-order chi connectivity index (χ0) is 13.0. The molecule has 0 aliphatic carbocycles. The molecule has 1 unspecified atom stereocenters. The number of hydrogen-bond donors (Lipinski definition) is 1. The number of halogens is 2. The quantitative estimate of drug-likeness (QED) is 0.917. The van der Waals surface area contributed by atoms with Crippen LogP contribution in [-0.4, -0.2) is 23.7 Å². The highest BCUT2D eigenvalue weighted by Gasteiger charge is 2.13. The molecule has 4 nitrogen and oxygen atoms in total. The Bertz CT molecular complexity index is 518. The van der Waals surface area contributed by atoms with E-state index in [1.165, 1.54) is 12.1 Å². The first-order chi connectivity index (χ1) is 8.69. The summed E-state index contributed by atoms with van der Waals surface area (Å²) in [6, 6.07) is 6.42. The van der Waals surface area contributed by atoms with Crippen LogP contribution >= 0.6 is 12.4 Å². The van der Waals surface area contributed by atoms with Gasteiger partial charge >= 0.3 is 0 Å². The van der Waals surface area contributed by atoms with Crippen molar-refractivity contribution in [2.24, 2.45) is 0 Å². The lowest BCUT2D eigenvalue weighted by atomic mass is 10.1. The Kier molecular flexibility index (Phi) is 5.92. The van der Waals surface area contributed by atoms with Gasteiger partial charge in [0.05, 0.1) is 0 Å². The average molecular weight is 286 g/mol. The Morgan fingerprint density at radius 1 is 1.42 bits per heavy atom. The van der Waals surface area contributed by atoms with Gasteiger partial charge in [0.1, 0.15) is 5.82 Å². The van der Waals surface area contributed by atoms with E-state index in [0.717, 1.165) is 12.1 Å². The molecule has 1 N–H and O–H groups in total. The van der Waals surface area contributed by atoms with E-state index in [1.54, 1.807) is 6.07 Å². The Balaban J connectivity index is 0.00000180. The summed E-state index contributed by atoms with van der Waals surface area (Å²) in [6.07, 6.45) is 0.480. The fourth-order valence-electron chi connectivity index (χ4n) is 1.76. The molecular formula is C13H17ClFN3O.